The fourth-order valence-corrected chi connectivity index (χ4v) is 3.54. The summed E-state index contributed by atoms with van der Waals surface area (Å²) in [6.07, 6.45) is 0.400. The molecule has 1 heterocycles. The van der Waals surface area contributed by atoms with Crippen LogP contribution in [0.2, 0.25) is 10.0 Å². The van der Waals surface area contributed by atoms with Crippen LogP contribution in [0.25, 0.3) is 0 Å². The van der Waals surface area contributed by atoms with Gasteiger partial charge in [0, 0.05) is 10.8 Å². The first-order valence-electron chi connectivity index (χ1n) is 5.53. The number of carbonyl (C=O) groups excluding carboxylic acids is 1. The second-order valence-electron chi connectivity index (χ2n) is 4.27. The van der Waals surface area contributed by atoms with Gasteiger partial charge >= 0.3 is 5.97 Å². The number of hydrogen-bond donors (Lipinski definition) is 2. The smallest absolute Gasteiger partial charge is 0.330 e. The number of aliphatic carboxylic acids is 1. The Hall–Kier alpha value is -0.910. The molecule has 4 nitrogen and oxygen atoms in total. The van der Waals surface area contributed by atoms with E-state index in [0.29, 0.717) is 22.9 Å². The third-order valence-electron chi connectivity index (χ3n) is 2.96. The highest BCUT2D eigenvalue weighted by Gasteiger charge is 2.43. The highest BCUT2D eigenvalue weighted by molar-refractivity contribution is 7.99. The van der Waals surface area contributed by atoms with Crippen LogP contribution in [0.4, 0.5) is 0 Å². The van der Waals surface area contributed by atoms with Crippen LogP contribution in [0, 0.1) is 0 Å². The molecular formula is C12H11Cl2NO3S. The molecule has 0 saturated carbocycles. The normalized spacial score (nSPS) is 22.2. The summed E-state index contributed by atoms with van der Waals surface area (Å²) in [4.78, 5) is 23.5. The summed E-state index contributed by atoms with van der Waals surface area (Å²) in [5.74, 6) is -0.483. The number of nitrogens with one attached hydrogen (secondary N) is 1. The van der Waals surface area contributed by atoms with Crippen LogP contribution < -0.4 is 5.32 Å². The summed E-state index contributed by atoms with van der Waals surface area (Å²) in [6, 6.07) is 4.51. The fourth-order valence-electron chi connectivity index (χ4n) is 1.84. The molecule has 2 N–H and O–H groups in total. The maximum absolute atomic E-state index is 12.2. The van der Waals surface area contributed by atoms with Crippen molar-refractivity contribution in [2.24, 2.45) is 0 Å². The molecule has 1 aromatic rings. The van der Waals surface area contributed by atoms with Gasteiger partial charge in [-0.2, -0.15) is 11.8 Å². The fraction of sp³-hybridized carbons (Fsp3) is 0.333. The molecule has 0 aliphatic carbocycles. The number of carboxylic acids is 1. The number of carboxylic acid groups (broad SMARTS) is 1. The van der Waals surface area contributed by atoms with Crippen LogP contribution in [0.3, 0.4) is 0 Å². The van der Waals surface area contributed by atoms with Gasteiger partial charge in [-0.3, -0.25) is 4.79 Å². The minimum absolute atomic E-state index is 0.187. The number of rotatable bonds is 3. The number of thioether (sulfide) groups is 1. The third kappa shape index (κ3) is 2.99. The van der Waals surface area contributed by atoms with E-state index in [1.165, 1.54) is 23.9 Å². The number of benzene rings is 1. The summed E-state index contributed by atoms with van der Waals surface area (Å²) in [7, 11) is 0. The predicted octanol–water partition coefficient (Wildman–Crippen LogP) is 2.68. The van der Waals surface area contributed by atoms with Crippen molar-refractivity contribution >= 4 is 46.8 Å². The highest BCUT2D eigenvalue weighted by Crippen LogP contribution is 2.29. The van der Waals surface area contributed by atoms with E-state index in [0.717, 1.165) is 0 Å². The first-order valence-corrected chi connectivity index (χ1v) is 7.44. The molecule has 0 bridgehead atoms. The van der Waals surface area contributed by atoms with E-state index < -0.39 is 17.4 Å². The van der Waals surface area contributed by atoms with E-state index >= 15 is 0 Å². The van der Waals surface area contributed by atoms with E-state index in [9.17, 15) is 14.7 Å². The highest BCUT2D eigenvalue weighted by atomic mass is 35.5. The SMILES string of the molecule is O=C(N[C@@]1(C(=O)O)CCSC1)c1cc(Cl)ccc1Cl. The number of carbonyl (C=O) groups is 2. The lowest BCUT2D eigenvalue weighted by Crippen LogP contribution is -2.54. The Labute approximate surface area is 124 Å². The molecule has 1 amide bonds. The van der Waals surface area contributed by atoms with Gasteiger partial charge < -0.3 is 10.4 Å². The summed E-state index contributed by atoms with van der Waals surface area (Å²) in [5.41, 5.74) is -1.03. The van der Waals surface area contributed by atoms with Gasteiger partial charge in [-0.25, -0.2) is 4.79 Å². The topological polar surface area (TPSA) is 66.4 Å². The first kappa shape index (κ1) is 14.5. The minimum atomic E-state index is -1.21. The van der Waals surface area contributed by atoms with Gasteiger partial charge in [-0.05, 0) is 30.4 Å². The molecule has 102 valence electrons. The number of amides is 1. The largest absolute Gasteiger partial charge is 0.479 e. The summed E-state index contributed by atoms with van der Waals surface area (Å²) >= 11 is 13.2. The monoisotopic (exact) mass is 319 g/mol. The second-order valence-corrected chi connectivity index (χ2v) is 6.22. The Morgan fingerprint density at radius 1 is 1.37 bits per heavy atom. The summed E-state index contributed by atoms with van der Waals surface area (Å²) in [5, 5.41) is 12.5. The molecule has 1 atom stereocenters. The average Bonchev–Trinajstić information content (AvgIpc) is 2.82. The van der Waals surface area contributed by atoms with Crippen LogP contribution in [-0.2, 0) is 4.79 Å². The molecule has 1 aliphatic rings. The maximum Gasteiger partial charge on any atom is 0.330 e. The Bertz CT molecular complexity index is 530. The summed E-state index contributed by atoms with van der Waals surface area (Å²) < 4.78 is 0. The van der Waals surface area contributed by atoms with Gasteiger partial charge in [0.2, 0.25) is 0 Å². The lowest BCUT2D eigenvalue weighted by atomic mass is 9.98. The van der Waals surface area contributed by atoms with Crippen molar-refractivity contribution in [3.05, 3.63) is 33.8 Å². The molecule has 2 rings (SSSR count). The van der Waals surface area contributed by atoms with E-state index in [2.05, 4.69) is 5.32 Å². The molecule has 1 aliphatic heterocycles. The van der Waals surface area contributed by atoms with Crippen molar-refractivity contribution in [3.8, 4) is 0 Å². The van der Waals surface area contributed by atoms with Gasteiger partial charge in [0.05, 0.1) is 10.6 Å². The standard InChI is InChI=1S/C12H11Cl2NO3S/c13-7-1-2-9(14)8(5-7)10(16)15-12(11(17)18)3-4-19-6-12/h1-2,5H,3-4,6H2,(H,15,16)(H,17,18)/t12-/m0/s1. The average molecular weight is 320 g/mol. The third-order valence-corrected chi connectivity index (χ3v) is 4.71. The summed E-state index contributed by atoms with van der Waals surface area (Å²) in [6.45, 7) is 0. The Kier molecular flexibility index (Phi) is 4.28. The zero-order valence-electron chi connectivity index (χ0n) is 9.78. The van der Waals surface area contributed by atoms with E-state index in [1.807, 2.05) is 0 Å². The molecule has 1 saturated heterocycles. The lowest BCUT2D eigenvalue weighted by molar-refractivity contribution is -0.143. The zero-order chi connectivity index (χ0) is 14.0. The van der Waals surface area contributed by atoms with Gasteiger partial charge in [0.15, 0.2) is 0 Å². The first-order chi connectivity index (χ1) is 8.94. The van der Waals surface area contributed by atoms with Crippen LogP contribution in [0.1, 0.15) is 16.8 Å². The van der Waals surface area contributed by atoms with Crippen molar-refractivity contribution in [2.75, 3.05) is 11.5 Å². The number of halogens is 2. The van der Waals surface area contributed by atoms with Gasteiger partial charge in [-0.15, -0.1) is 0 Å². The molecule has 0 aromatic heterocycles. The zero-order valence-corrected chi connectivity index (χ0v) is 12.1. The number of hydrogen-bond acceptors (Lipinski definition) is 3. The predicted molar refractivity (Wildman–Crippen MR) is 76.2 cm³/mol. The Balaban J connectivity index is 2.25. The van der Waals surface area contributed by atoms with Crippen molar-refractivity contribution in [1.29, 1.82) is 0 Å². The van der Waals surface area contributed by atoms with Crippen LogP contribution in [0.15, 0.2) is 18.2 Å². The van der Waals surface area contributed by atoms with Crippen molar-refractivity contribution in [2.45, 2.75) is 12.0 Å². The van der Waals surface area contributed by atoms with Crippen molar-refractivity contribution in [3.63, 3.8) is 0 Å². The van der Waals surface area contributed by atoms with Crippen LogP contribution in [-0.4, -0.2) is 34.0 Å². The molecule has 0 spiro atoms. The molecule has 19 heavy (non-hydrogen) atoms. The quantitative estimate of drug-likeness (QED) is 0.899. The maximum atomic E-state index is 12.2. The van der Waals surface area contributed by atoms with E-state index in [1.54, 1.807) is 6.07 Å². The van der Waals surface area contributed by atoms with Crippen LogP contribution in [0.5, 0.6) is 0 Å². The molecule has 1 aromatic carbocycles. The van der Waals surface area contributed by atoms with E-state index in [-0.39, 0.29) is 10.6 Å². The molecule has 0 unspecified atom stereocenters. The molecule has 1 fully saturated rings. The molecule has 0 radical (unpaired) electrons. The molecule has 7 heteroatoms. The van der Waals surface area contributed by atoms with Gasteiger partial charge in [-0.1, -0.05) is 23.2 Å². The van der Waals surface area contributed by atoms with E-state index in [4.69, 9.17) is 23.2 Å². The van der Waals surface area contributed by atoms with Crippen molar-refractivity contribution < 1.29 is 14.7 Å². The van der Waals surface area contributed by atoms with Gasteiger partial charge in [0.25, 0.3) is 5.91 Å². The van der Waals surface area contributed by atoms with Crippen LogP contribution >= 0.6 is 35.0 Å². The lowest BCUT2D eigenvalue weighted by Gasteiger charge is -2.24. The Morgan fingerprint density at radius 2 is 2.11 bits per heavy atom. The molecular weight excluding hydrogens is 309 g/mol. The minimum Gasteiger partial charge on any atom is -0.479 e. The van der Waals surface area contributed by atoms with Crippen molar-refractivity contribution in [1.82, 2.24) is 5.32 Å². The second kappa shape index (κ2) is 5.61. The van der Waals surface area contributed by atoms with Gasteiger partial charge in [0.1, 0.15) is 5.54 Å². The Morgan fingerprint density at radius 3 is 2.68 bits per heavy atom.